The molecule has 2 amide bonds. The zero-order chi connectivity index (χ0) is 23.3. The fraction of sp³-hybridized carbons (Fsp3) is 0.364. The standard InChI is InChI=1S/C22H26N4O6/c1-14(2)21(27)24-17-6-5-16(13-20(17)31-3)23-22(28)15-4-7-18(19(12-15)26(29)30)25-8-10-32-11-9-25/h4-7,12-14H,8-11H2,1-3H3,(H,23,28)(H,24,27). The van der Waals surface area contributed by atoms with Crippen molar-refractivity contribution in [1.82, 2.24) is 0 Å². The molecular weight excluding hydrogens is 416 g/mol. The molecule has 2 N–H and O–H groups in total. The Hall–Kier alpha value is -3.66. The van der Waals surface area contributed by atoms with Crippen molar-refractivity contribution in [2.45, 2.75) is 13.8 Å². The van der Waals surface area contributed by atoms with E-state index < -0.39 is 10.8 Å². The lowest BCUT2D eigenvalue weighted by atomic mass is 10.1. The number of nitrogens with zero attached hydrogens (tertiary/aromatic N) is 2. The van der Waals surface area contributed by atoms with Gasteiger partial charge < -0.3 is 25.0 Å². The van der Waals surface area contributed by atoms with Crippen LogP contribution in [0.4, 0.5) is 22.7 Å². The molecule has 0 aliphatic carbocycles. The average Bonchev–Trinajstić information content (AvgIpc) is 2.79. The van der Waals surface area contributed by atoms with Crippen LogP contribution in [0.3, 0.4) is 0 Å². The van der Waals surface area contributed by atoms with E-state index in [2.05, 4.69) is 10.6 Å². The van der Waals surface area contributed by atoms with E-state index in [1.807, 2.05) is 4.90 Å². The second kappa shape index (κ2) is 10.1. The Morgan fingerprint density at radius 2 is 1.84 bits per heavy atom. The molecule has 0 spiro atoms. The van der Waals surface area contributed by atoms with Crippen molar-refractivity contribution in [2.24, 2.45) is 5.92 Å². The van der Waals surface area contributed by atoms with Crippen molar-refractivity contribution in [3.8, 4) is 5.75 Å². The molecule has 1 heterocycles. The summed E-state index contributed by atoms with van der Waals surface area (Å²) in [4.78, 5) is 37.7. The molecule has 0 aromatic heterocycles. The molecule has 10 nitrogen and oxygen atoms in total. The smallest absolute Gasteiger partial charge is 0.293 e. The number of nitro groups is 1. The van der Waals surface area contributed by atoms with Crippen molar-refractivity contribution in [1.29, 1.82) is 0 Å². The van der Waals surface area contributed by atoms with Crippen LogP contribution in [0.5, 0.6) is 5.75 Å². The molecule has 2 aromatic rings. The van der Waals surface area contributed by atoms with E-state index in [9.17, 15) is 19.7 Å². The maximum atomic E-state index is 12.8. The van der Waals surface area contributed by atoms with Gasteiger partial charge in [0.05, 0.1) is 30.9 Å². The molecule has 170 valence electrons. The highest BCUT2D eigenvalue weighted by atomic mass is 16.6. The van der Waals surface area contributed by atoms with Crippen LogP contribution in [0, 0.1) is 16.0 Å². The Balaban J connectivity index is 1.79. The summed E-state index contributed by atoms with van der Waals surface area (Å²) >= 11 is 0. The monoisotopic (exact) mass is 442 g/mol. The van der Waals surface area contributed by atoms with E-state index >= 15 is 0 Å². The van der Waals surface area contributed by atoms with E-state index in [0.29, 0.717) is 49.1 Å². The highest BCUT2D eigenvalue weighted by molar-refractivity contribution is 6.05. The topological polar surface area (TPSA) is 123 Å². The SMILES string of the molecule is COc1cc(NC(=O)c2ccc(N3CCOCC3)c([N+](=O)[O-])c2)ccc1NC(=O)C(C)C. The first kappa shape index (κ1) is 23.0. The lowest BCUT2D eigenvalue weighted by Gasteiger charge is -2.28. The van der Waals surface area contributed by atoms with Crippen LogP contribution in [0.15, 0.2) is 36.4 Å². The second-order valence-corrected chi connectivity index (χ2v) is 7.57. The highest BCUT2D eigenvalue weighted by Gasteiger charge is 2.23. The van der Waals surface area contributed by atoms with Gasteiger partial charge in [0.15, 0.2) is 0 Å². The number of hydrogen-bond acceptors (Lipinski definition) is 7. The predicted octanol–water partition coefficient (Wildman–Crippen LogP) is 3.29. The van der Waals surface area contributed by atoms with E-state index in [-0.39, 0.29) is 23.1 Å². The number of morpholine rings is 1. The zero-order valence-corrected chi connectivity index (χ0v) is 18.2. The summed E-state index contributed by atoms with van der Waals surface area (Å²) in [5.41, 5.74) is 1.39. The molecule has 10 heteroatoms. The fourth-order valence-corrected chi connectivity index (χ4v) is 3.24. The van der Waals surface area contributed by atoms with Gasteiger partial charge in [0.1, 0.15) is 11.4 Å². The quantitative estimate of drug-likeness (QED) is 0.498. The lowest BCUT2D eigenvalue weighted by molar-refractivity contribution is -0.384. The first-order valence-electron chi connectivity index (χ1n) is 10.2. The molecule has 0 saturated carbocycles. The van der Waals surface area contributed by atoms with Crippen LogP contribution in [-0.4, -0.2) is 50.2 Å². The van der Waals surface area contributed by atoms with Gasteiger partial charge in [0.25, 0.3) is 11.6 Å². The van der Waals surface area contributed by atoms with Crippen molar-refractivity contribution in [3.63, 3.8) is 0 Å². The summed E-state index contributed by atoms with van der Waals surface area (Å²) in [6.07, 6.45) is 0. The zero-order valence-electron chi connectivity index (χ0n) is 18.2. The number of carbonyl (C=O) groups is 2. The van der Waals surface area contributed by atoms with Gasteiger partial charge in [-0.05, 0) is 24.3 Å². The van der Waals surface area contributed by atoms with Crippen molar-refractivity contribution >= 4 is 34.6 Å². The molecule has 0 radical (unpaired) electrons. The third-order valence-electron chi connectivity index (χ3n) is 5.03. The van der Waals surface area contributed by atoms with Gasteiger partial charge in [-0.15, -0.1) is 0 Å². The van der Waals surface area contributed by atoms with Gasteiger partial charge in [-0.1, -0.05) is 13.8 Å². The van der Waals surface area contributed by atoms with E-state index in [1.165, 1.54) is 13.2 Å². The molecule has 1 aliphatic rings. The molecule has 2 aromatic carbocycles. The Morgan fingerprint density at radius 3 is 2.47 bits per heavy atom. The molecule has 1 fully saturated rings. The predicted molar refractivity (Wildman–Crippen MR) is 121 cm³/mol. The van der Waals surface area contributed by atoms with Crippen molar-refractivity contribution in [3.05, 3.63) is 52.1 Å². The first-order chi connectivity index (χ1) is 15.3. The minimum Gasteiger partial charge on any atom is -0.494 e. The number of amides is 2. The Labute approximate surface area is 185 Å². The first-order valence-corrected chi connectivity index (χ1v) is 10.2. The van der Waals surface area contributed by atoms with Crippen LogP contribution in [0.25, 0.3) is 0 Å². The second-order valence-electron chi connectivity index (χ2n) is 7.57. The number of carbonyl (C=O) groups excluding carboxylic acids is 2. The fourth-order valence-electron chi connectivity index (χ4n) is 3.24. The average molecular weight is 442 g/mol. The van der Waals surface area contributed by atoms with Crippen molar-refractivity contribution < 1.29 is 24.0 Å². The number of rotatable bonds is 7. The maximum absolute atomic E-state index is 12.8. The minimum atomic E-state index is -0.498. The summed E-state index contributed by atoms with van der Waals surface area (Å²) in [6.45, 7) is 5.64. The number of anilines is 3. The van der Waals surface area contributed by atoms with Gasteiger partial charge >= 0.3 is 0 Å². The van der Waals surface area contributed by atoms with Gasteiger partial charge in [-0.3, -0.25) is 19.7 Å². The van der Waals surface area contributed by atoms with Crippen LogP contribution in [0.2, 0.25) is 0 Å². The van der Waals surface area contributed by atoms with E-state index in [0.717, 1.165) is 0 Å². The minimum absolute atomic E-state index is 0.135. The van der Waals surface area contributed by atoms with E-state index in [4.69, 9.17) is 9.47 Å². The van der Waals surface area contributed by atoms with Crippen LogP contribution >= 0.6 is 0 Å². The number of nitro benzene ring substituents is 1. The van der Waals surface area contributed by atoms with Crippen molar-refractivity contribution in [2.75, 3.05) is 48.9 Å². The Morgan fingerprint density at radius 1 is 1.12 bits per heavy atom. The molecule has 1 saturated heterocycles. The number of nitrogens with one attached hydrogen (secondary N) is 2. The normalized spacial score (nSPS) is 13.6. The Bertz CT molecular complexity index is 1020. The number of hydrogen-bond donors (Lipinski definition) is 2. The third-order valence-corrected chi connectivity index (χ3v) is 5.03. The third kappa shape index (κ3) is 5.33. The number of benzene rings is 2. The van der Waals surface area contributed by atoms with Gasteiger partial charge in [-0.25, -0.2) is 0 Å². The molecule has 1 aliphatic heterocycles. The summed E-state index contributed by atoms with van der Waals surface area (Å²) < 4.78 is 10.6. The summed E-state index contributed by atoms with van der Waals surface area (Å²) in [7, 11) is 1.46. The van der Waals surface area contributed by atoms with E-state index in [1.54, 1.807) is 44.2 Å². The van der Waals surface area contributed by atoms with Gasteiger partial charge in [-0.2, -0.15) is 0 Å². The van der Waals surface area contributed by atoms with Crippen LogP contribution in [0.1, 0.15) is 24.2 Å². The lowest BCUT2D eigenvalue weighted by Crippen LogP contribution is -2.36. The summed E-state index contributed by atoms with van der Waals surface area (Å²) in [5.74, 6) is -0.476. The molecular formula is C22H26N4O6. The highest BCUT2D eigenvalue weighted by Crippen LogP contribution is 2.31. The van der Waals surface area contributed by atoms with Gasteiger partial charge in [0.2, 0.25) is 5.91 Å². The number of ether oxygens (including phenoxy) is 2. The molecule has 3 rings (SSSR count). The maximum Gasteiger partial charge on any atom is 0.293 e. The molecule has 0 atom stereocenters. The van der Waals surface area contributed by atoms with Gasteiger partial charge in [0, 0.05) is 42.4 Å². The Kier molecular flexibility index (Phi) is 7.26. The summed E-state index contributed by atoms with van der Waals surface area (Å²) in [5, 5.41) is 17.1. The summed E-state index contributed by atoms with van der Waals surface area (Å²) in [6, 6.07) is 9.23. The number of methoxy groups -OCH3 is 1. The molecule has 0 bridgehead atoms. The van der Waals surface area contributed by atoms with Crippen LogP contribution in [-0.2, 0) is 9.53 Å². The van der Waals surface area contributed by atoms with Crippen LogP contribution < -0.4 is 20.3 Å². The largest absolute Gasteiger partial charge is 0.494 e. The molecule has 32 heavy (non-hydrogen) atoms. The molecule has 0 unspecified atom stereocenters.